The van der Waals surface area contributed by atoms with Crippen molar-refractivity contribution in [1.82, 2.24) is 9.55 Å². The first kappa shape index (κ1) is 21.4. The van der Waals surface area contributed by atoms with Crippen molar-refractivity contribution in [3.8, 4) is 0 Å². The van der Waals surface area contributed by atoms with E-state index >= 15 is 0 Å². The summed E-state index contributed by atoms with van der Waals surface area (Å²) in [4.78, 5) is 25.8. The molecule has 1 unspecified atom stereocenters. The smallest absolute Gasteiger partial charge is 0.335 e. The van der Waals surface area contributed by atoms with Crippen LogP contribution in [-0.2, 0) is 9.53 Å². The van der Waals surface area contributed by atoms with Crippen LogP contribution in [0.3, 0.4) is 0 Å². The van der Waals surface area contributed by atoms with Crippen LogP contribution in [0, 0.1) is 4.77 Å². The summed E-state index contributed by atoms with van der Waals surface area (Å²) in [6.07, 6.45) is 11.3. The Balaban J connectivity index is 2.57. The van der Waals surface area contributed by atoms with Crippen molar-refractivity contribution in [2.75, 3.05) is 0 Å². The molecule has 1 heterocycles. The Morgan fingerprint density at radius 1 is 1.24 bits per heavy atom. The van der Waals surface area contributed by atoms with E-state index in [4.69, 9.17) is 17.0 Å². The fourth-order valence-corrected chi connectivity index (χ4v) is 2.86. The second-order valence-electron chi connectivity index (χ2n) is 6.42. The molecule has 5 nitrogen and oxygen atoms in total. The number of hydrogen-bond acceptors (Lipinski definition) is 4. The van der Waals surface area contributed by atoms with Gasteiger partial charge in [-0.05, 0) is 25.6 Å². The van der Waals surface area contributed by atoms with Gasteiger partial charge in [0.05, 0.1) is 0 Å². The molecule has 0 aromatic carbocycles. The predicted octanol–water partition coefficient (Wildman–Crippen LogP) is 5.05. The number of nitrogens with one attached hydrogen (secondary N) is 1. The molecular formula is C19H30N2O3S. The lowest BCUT2D eigenvalue weighted by atomic mass is 10.1. The number of hydrogen-bond donors (Lipinski definition) is 1. The highest BCUT2D eigenvalue weighted by Crippen LogP contribution is 2.20. The van der Waals surface area contributed by atoms with Crippen LogP contribution in [0.1, 0.15) is 77.9 Å². The van der Waals surface area contributed by atoms with Crippen molar-refractivity contribution < 1.29 is 9.53 Å². The Morgan fingerprint density at radius 3 is 2.40 bits per heavy atom. The summed E-state index contributed by atoms with van der Waals surface area (Å²) in [5.74, 6) is -0.447. The fraction of sp³-hybridized carbons (Fsp3) is 0.632. The highest BCUT2D eigenvalue weighted by Gasteiger charge is 2.17. The van der Waals surface area contributed by atoms with Crippen molar-refractivity contribution in [3.63, 3.8) is 0 Å². The maximum atomic E-state index is 11.9. The van der Waals surface area contributed by atoms with Crippen LogP contribution in [0.25, 0.3) is 0 Å². The topological polar surface area (TPSA) is 64.1 Å². The van der Waals surface area contributed by atoms with E-state index < -0.39 is 12.2 Å². The zero-order valence-corrected chi connectivity index (χ0v) is 16.2. The molecule has 0 saturated heterocycles. The van der Waals surface area contributed by atoms with E-state index in [2.05, 4.69) is 18.5 Å². The van der Waals surface area contributed by atoms with Crippen molar-refractivity contribution in [3.05, 3.63) is 39.5 Å². The van der Waals surface area contributed by atoms with Crippen molar-refractivity contribution in [2.24, 2.45) is 0 Å². The molecule has 25 heavy (non-hydrogen) atoms. The summed E-state index contributed by atoms with van der Waals surface area (Å²) < 4.78 is 7.39. The number of H-pyrrole nitrogens is 1. The quantitative estimate of drug-likeness (QED) is 0.243. The van der Waals surface area contributed by atoms with Crippen LogP contribution >= 0.6 is 12.2 Å². The molecule has 0 aliphatic heterocycles. The minimum atomic E-state index is -0.520. The molecule has 1 rings (SSSR count). The zero-order chi connectivity index (χ0) is 18.7. The predicted molar refractivity (Wildman–Crippen MR) is 103 cm³/mol. The standard InChI is InChI=1S/C19H30N2O3S/c1-4-5-6-7-8-9-10-11-12-17(24-18(23)15(2)3)21-14-13-16(22)20-19(21)25/h13-14,17H,2,4-12H2,1,3H3,(H,20,22,25). The highest BCUT2D eigenvalue weighted by molar-refractivity contribution is 7.71. The van der Waals surface area contributed by atoms with Crippen LogP contribution in [-0.4, -0.2) is 15.5 Å². The monoisotopic (exact) mass is 366 g/mol. The average Bonchev–Trinajstić information content (AvgIpc) is 2.56. The Hall–Kier alpha value is -1.69. The van der Waals surface area contributed by atoms with E-state index in [1.165, 1.54) is 44.6 Å². The van der Waals surface area contributed by atoms with E-state index in [0.717, 1.165) is 12.8 Å². The van der Waals surface area contributed by atoms with Gasteiger partial charge in [0.1, 0.15) is 0 Å². The molecule has 0 radical (unpaired) electrons. The Bertz CT molecular complexity index is 663. The number of carbonyl (C=O) groups is 1. The maximum absolute atomic E-state index is 11.9. The van der Waals surface area contributed by atoms with Gasteiger partial charge in [-0.1, -0.05) is 58.4 Å². The van der Waals surface area contributed by atoms with Gasteiger partial charge in [-0.25, -0.2) is 4.79 Å². The van der Waals surface area contributed by atoms with Gasteiger partial charge in [-0.3, -0.25) is 14.3 Å². The lowest BCUT2D eigenvalue weighted by Gasteiger charge is -2.21. The van der Waals surface area contributed by atoms with Crippen molar-refractivity contribution in [1.29, 1.82) is 0 Å². The third kappa shape index (κ3) is 8.29. The molecule has 0 saturated carbocycles. The van der Waals surface area contributed by atoms with Crippen LogP contribution in [0.15, 0.2) is 29.2 Å². The summed E-state index contributed by atoms with van der Waals surface area (Å²) in [5.41, 5.74) is 0.0789. The Kier molecular flexibility index (Phi) is 10.1. The normalized spacial score (nSPS) is 11.9. The Labute approximate surface area is 155 Å². The van der Waals surface area contributed by atoms with Gasteiger partial charge >= 0.3 is 5.97 Å². The number of unbranched alkanes of at least 4 members (excludes halogenated alkanes) is 7. The molecule has 0 aliphatic rings. The van der Waals surface area contributed by atoms with Gasteiger partial charge in [-0.2, -0.15) is 0 Å². The number of nitrogens with zero attached hydrogens (tertiary/aromatic N) is 1. The van der Waals surface area contributed by atoms with Crippen LogP contribution < -0.4 is 5.56 Å². The maximum Gasteiger partial charge on any atom is 0.335 e. The largest absolute Gasteiger partial charge is 0.438 e. The first-order valence-corrected chi connectivity index (χ1v) is 9.54. The van der Waals surface area contributed by atoms with Gasteiger partial charge in [-0.15, -0.1) is 0 Å². The minimum absolute atomic E-state index is 0.256. The molecule has 0 amide bonds. The molecule has 0 aliphatic carbocycles. The second-order valence-corrected chi connectivity index (χ2v) is 6.81. The number of rotatable bonds is 12. The van der Waals surface area contributed by atoms with E-state index in [-0.39, 0.29) is 10.3 Å². The number of aromatic amines is 1. The zero-order valence-electron chi connectivity index (χ0n) is 15.4. The number of esters is 1. The van der Waals surface area contributed by atoms with Crippen molar-refractivity contribution >= 4 is 18.2 Å². The van der Waals surface area contributed by atoms with Gasteiger partial charge in [0.2, 0.25) is 0 Å². The van der Waals surface area contributed by atoms with Gasteiger partial charge in [0.15, 0.2) is 11.0 Å². The van der Waals surface area contributed by atoms with Crippen molar-refractivity contribution in [2.45, 2.75) is 77.9 Å². The SMILES string of the molecule is C=C(C)C(=O)OC(CCCCCCCCCC)n1ccc(=O)[nH]c1=S. The summed E-state index contributed by atoms with van der Waals surface area (Å²) in [5, 5.41) is 0. The Morgan fingerprint density at radius 2 is 1.84 bits per heavy atom. The molecular weight excluding hydrogens is 336 g/mol. The highest BCUT2D eigenvalue weighted by atomic mass is 32.1. The number of carbonyl (C=O) groups excluding carboxylic acids is 1. The van der Waals surface area contributed by atoms with Crippen LogP contribution in [0.2, 0.25) is 0 Å². The molecule has 0 spiro atoms. The molecule has 140 valence electrons. The number of ether oxygens (including phenoxy) is 1. The molecule has 1 aromatic rings. The fourth-order valence-electron chi connectivity index (χ4n) is 2.59. The van der Waals surface area contributed by atoms with E-state index in [9.17, 15) is 9.59 Å². The summed E-state index contributed by atoms with van der Waals surface area (Å²) in [7, 11) is 0. The third-order valence-electron chi connectivity index (χ3n) is 4.06. The second kappa shape index (κ2) is 11.8. The van der Waals surface area contributed by atoms with Crippen LogP contribution in [0.5, 0.6) is 0 Å². The summed E-state index contributed by atoms with van der Waals surface area (Å²) >= 11 is 5.19. The number of aromatic nitrogens is 2. The molecule has 0 bridgehead atoms. The first-order valence-electron chi connectivity index (χ1n) is 9.13. The van der Waals surface area contributed by atoms with E-state index in [0.29, 0.717) is 12.0 Å². The summed E-state index contributed by atoms with van der Waals surface area (Å²) in [6.45, 7) is 7.45. The molecule has 1 N–H and O–H groups in total. The molecule has 6 heteroatoms. The third-order valence-corrected chi connectivity index (χ3v) is 4.37. The van der Waals surface area contributed by atoms with E-state index in [1.54, 1.807) is 17.7 Å². The lowest BCUT2D eigenvalue weighted by molar-refractivity contribution is -0.149. The first-order chi connectivity index (χ1) is 12.0. The molecule has 1 aromatic heterocycles. The summed E-state index contributed by atoms with van der Waals surface area (Å²) in [6, 6.07) is 1.38. The van der Waals surface area contributed by atoms with Gasteiger partial charge < -0.3 is 4.74 Å². The minimum Gasteiger partial charge on any atom is -0.438 e. The van der Waals surface area contributed by atoms with Crippen LogP contribution in [0.4, 0.5) is 0 Å². The molecule has 1 atom stereocenters. The van der Waals surface area contributed by atoms with Gasteiger partial charge in [0.25, 0.3) is 5.56 Å². The lowest BCUT2D eigenvalue weighted by Crippen LogP contribution is -2.21. The molecule has 0 fully saturated rings. The van der Waals surface area contributed by atoms with E-state index in [1.807, 2.05) is 0 Å². The van der Waals surface area contributed by atoms with Gasteiger partial charge in [0, 0.05) is 24.3 Å². The average molecular weight is 367 g/mol.